The molecule has 272 valence electrons. The van der Waals surface area contributed by atoms with Gasteiger partial charge in [-0.25, -0.2) is 0 Å². The van der Waals surface area contributed by atoms with Gasteiger partial charge in [-0.05, 0) is 0 Å². The van der Waals surface area contributed by atoms with Gasteiger partial charge in [-0.1, -0.05) is 11.8 Å². The predicted molar refractivity (Wildman–Crippen MR) is 163 cm³/mol. The molecular weight excluding hydrogens is 736 g/mol. The average Bonchev–Trinajstić information content (AvgIpc) is 2.91. The number of ether oxygens (including phenoxy) is 10. The summed E-state index contributed by atoms with van der Waals surface area (Å²) in [5.74, 6) is -5.84. The smallest absolute Gasteiger partial charge is 0.303 e. The molecule has 10 unspecified atom stereocenters. The van der Waals surface area contributed by atoms with Crippen molar-refractivity contribution in [3.8, 4) is 0 Å². The molecule has 2 aliphatic heterocycles. The van der Waals surface area contributed by atoms with Gasteiger partial charge in [0.1, 0.15) is 18.8 Å². The molecule has 0 saturated carbocycles. The second kappa shape index (κ2) is 19.5. The van der Waals surface area contributed by atoms with Crippen LogP contribution in [-0.4, -0.2) is 121 Å². The number of halogens is 1. The molecule has 48 heavy (non-hydrogen) atoms. The third-order valence-electron chi connectivity index (χ3n) is 6.11. The molecule has 0 bridgehead atoms. The van der Waals surface area contributed by atoms with Crippen molar-refractivity contribution < 1.29 is 80.9 Å². The highest BCUT2D eigenvalue weighted by atomic mass is 79.9. The van der Waals surface area contributed by atoms with Gasteiger partial charge in [0.2, 0.25) is 0 Å². The Bertz CT molecular complexity index is 1220. The zero-order chi connectivity index (χ0) is 35.6. The summed E-state index contributed by atoms with van der Waals surface area (Å²) in [5, 5.41) is 7.27. The molecule has 0 aliphatic carbocycles. The molecule has 3 N–H and O–H groups in total. The summed E-state index contributed by atoms with van der Waals surface area (Å²) in [6.07, 6.45) is -13.3. The van der Waals surface area contributed by atoms with Crippen molar-refractivity contribution >= 4 is 75.7 Å². The van der Waals surface area contributed by atoms with Crippen LogP contribution in [0, 0.1) is 5.41 Å². The highest BCUT2D eigenvalue weighted by Gasteiger charge is 2.55. The summed E-state index contributed by atoms with van der Waals surface area (Å²) in [6.45, 7) is 6.30. The minimum atomic E-state index is -1.64. The van der Waals surface area contributed by atoms with Crippen molar-refractivity contribution in [1.29, 1.82) is 5.41 Å². The number of esters is 7. The Morgan fingerprint density at radius 1 is 0.562 bits per heavy atom. The standard InChI is InChI=1S/C27H38N2O17S.BrH/c1-10(30)37-8-17-19(39-11(2)31)21(41-13(4)33)23(43-15(6)35)25(45-17)38-9-18-20(40-12(3)32)22(42-14(5)34)24(44-16(7)36)26(46-18)47-27(28)29;/h17-26H,8-9H2,1-7H3,(H3,28,29);1H. The molecule has 2 aliphatic rings. The van der Waals surface area contributed by atoms with Crippen LogP contribution < -0.4 is 5.73 Å². The van der Waals surface area contributed by atoms with Crippen molar-refractivity contribution in [2.45, 2.75) is 109 Å². The van der Waals surface area contributed by atoms with Gasteiger partial charge < -0.3 is 53.1 Å². The van der Waals surface area contributed by atoms with Crippen LogP contribution in [0.3, 0.4) is 0 Å². The fraction of sp³-hybridized carbons (Fsp3) is 0.704. The van der Waals surface area contributed by atoms with Crippen LogP contribution in [-0.2, 0) is 80.9 Å². The number of hydrogen-bond donors (Lipinski definition) is 2. The second-order valence-corrected chi connectivity index (χ2v) is 11.3. The number of nitrogens with two attached hydrogens (primary N) is 1. The lowest BCUT2D eigenvalue weighted by molar-refractivity contribution is -0.317. The molecule has 0 amide bonds. The normalized spacial score (nSPS) is 29.5. The Labute approximate surface area is 289 Å². The fourth-order valence-corrected chi connectivity index (χ4v) is 5.51. The lowest BCUT2D eigenvalue weighted by atomic mass is 9.97. The molecular formula is C27H39BrN2O17S. The van der Waals surface area contributed by atoms with E-state index in [0.29, 0.717) is 11.8 Å². The first-order valence-corrected chi connectivity index (χ1v) is 14.9. The Morgan fingerprint density at radius 2 is 0.938 bits per heavy atom. The van der Waals surface area contributed by atoms with E-state index in [2.05, 4.69) is 0 Å². The summed E-state index contributed by atoms with van der Waals surface area (Å²) < 4.78 is 55.1. The summed E-state index contributed by atoms with van der Waals surface area (Å²) in [7, 11) is 0. The van der Waals surface area contributed by atoms with Crippen molar-refractivity contribution in [2.24, 2.45) is 5.73 Å². The van der Waals surface area contributed by atoms with E-state index in [-0.39, 0.29) is 17.0 Å². The summed E-state index contributed by atoms with van der Waals surface area (Å²) >= 11 is 0.594. The predicted octanol–water partition coefficient (Wildman–Crippen LogP) is -0.189. The Kier molecular flexibility index (Phi) is 17.2. The minimum Gasteiger partial charge on any atom is -0.463 e. The van der Waals surface area contributed by atoms with Crippen LogP contribution in [0.25, 0.3) is 0 Å². The van der Waals surface area contributed by atoms with Gasteiger partial charge in [-0.3, -0.25) is 39.0 Å². The lowest BCUT2D eigenvalue weighted by Gasteiger charge is -2.46. The summed E-state index contributed by atoms with van der Waals surface area (Å²) in [4.78, 5) is 84.1. The largest absolute Gasteiger partial charge is 0.463 e. The molecule has 0 aromatic carbocycles. The van der Waals surface area contributed by atoms with E-state index < -0.39 is 121 Å². The van der Waals surface area contributed by atoms with Crippen molar-refractivity contribution in [3.63, 3.8) is 0 Å². The highest BCUT2D eigenvalue weighted by molar-refractivity contribution is 8.93. The van der Waals surface area contributed by atoms with Gasteiger partial charge in [0.05, 0.1) is 6.61 Å². The Morgan fingerprint density at radius 3 is 1.35 bits per heavy atom. The van der Waals surface area contributed by atoms with Crippen LogP contribution in [0.5, 0.6) is 0 Å². The average molecular weight is 776 g/mol. The fourth-order valence-electron chi connectivity index (χ4n) is 4.72. The van der Waals surface area contributed by atoms with Gasteiger partial charge in [-0.15, -0.1) is 17.0 Å². The zero-order valence-corrected chi connectivity index (χ0v) is 29.6. The minimum absolute atomic E-state index is 0. The summed E-state index contributed by atoms with van der Waals surface area (Å²) in [6, 6.07) is 0. The zero-order valence-electron chi connectivity index (χ0n) is 27.0. The van der Waals surface area contributed by atoms with Crippen LogP contribution in [0.2, 0.25) is 0 Å². The van der Waals surface area contributed by atoms with Crippen molar-refractivity contribution in [3.05, 3.63) is 0 Å². The molecule has 0 aromatic rings. The van der Waals surface area contributed by atoms with Gasteiger partial charge in [0.15, 0.2) is 53.5 Å². The van der Waals surface area contributed by atoms with E-state index in [1.807, 2.05) is 0 Å². The third kappa shape index (κ3) is 13.2. The molecule has 19 nitrogen and oxygen atoms in total. The van der Waals surface area contributed by atoms with Crippen molar-refractivity contribution in [2.75, 3.05) is 13.2 Å². The van der Waals surface area contributed by atoms with Crippen LogP contribution >= 0.6 is 28.7 Å². The van der Waals surface area contributed by atoms with E-state index in [1.165, 1.54) is 0 Å². The third-order valence-corrected chi connectivity index (χ3v) is 6.98. The van der Waals surface area contributed by atoms with E-state index in [9.17, 15) is 33.6 Å². The van der Waals surface area contributed by atoms with Gasteiger partial charge in [-0.2, -0.15) is 0 Å². The molecule has 2 fully saturated rings. The SMILES string of the molecule is Br.CC(=O)OCC1OC(OCC2OC(SC(=N)N)C(OC(C)=O)C(OC(C)=O)C2OC(C)=O)C(OC(C)=O)C(OC(C)=O)C1OC(C)=O. The number of thioether (sulfide) groups is 1. The van der Waals surface area contributed by atoms with Crippen molar-refractivity contribution in [1.82, 2.24) is 0 Å². The lowest BCUT2D eigenvalue weighted by Crippen LogP contribution is -2.64. The summed E-state index contributed by atoms with van der Waals surface area (Å²) in [5.41, 5.74) is 4.27. The number of hydrogen-bond acceptors (Lipinski definition) is 19. The maximum absolute atomic E-state index is 12.2. The maximum Gasteiger partial charge on any atom is 0.303 e. The second-order valence-electron chi connectivity index (χ2n) is 10.1. The highest BCUT2D eigenvalue weighted by Crippen LogP contribution is 2.35. The Balaban J connectivity index is 0.0000115. The maximum atomic E-state index is 12.2. The molecule has 0 aromatic heterocycles. The molecule has 0 spiro atoms. The van der Waals surface area contributed by atoms with Crippen LogP contribution in [0.15, 0.2) is 0 Å². The molecule has 10 atom stereocenters. The number of amidine groups is 1. The molecule has 2 heterocycles. The number of carbonyl (C=O) groups excluding carboxylic acids is 7. The topological polar surface area (TPSA) is 262 Å². The van der Waals surface area contributed by atoms with E-state index in [4.69, 9.17) is 58.5 Å². The van der Waals surface area contributed by atoms with Gasteiger partial charge in [0, 0.05) is 48.5 Å². The number of nitrogens with one attached hydrogen (secondary N) is 1. The van der Waals surface area contributed by atoms with Crippen LogP contribution in [0.4, 0.5) is 0 Å². The van der Waals surface area contributed by atoms with E-state index >= 15 is 0 Å². The quantitative estimate of drug-likeness (QED) is 0.113. The molecule has 0 radical (unpaired) electrons. The first kappa shape index (κ1) is 42.5. The first-order chi connectivity index (χ1) is 21.9. The van der Waals surface area contributed by atoms with E-state index in [1.54, 1.807) is 0 Å². The van der Waals surface area contributed by atoms with Gasteiger partial charge >= 0.3 is 41.8 Å². The molecule has 21 heteroatoms. The number of rotatable bonds is 12. The monoisotopic (exact) mass is 774 g/mol. The molecule has 2 saturated heterocycles. The first-order valence-electron chi connectivity index (χ1n) is 14.0. The van der Waals surface area contributed by atoms with Gasteiger partial charge in [0.25, 0.3) is 0 Å². The molecule has 2 rings (SSSR count). The van der Waals surface area contributed by atoms with E-state index in [0.717, 1.165) is 48.5 Å². The van der Waals surface area contributed by atoms with Crippen LogP contribution in [0.1, 0.15) is 48.5 Å². The Hall–Kier alpha value is -3.53. The number of carbonyl (C=O) groups is 7.